The molecule has 3 aromatic carbocycles. The molecule has 0 N–H and O–H groups in total. The van der Waals surface area contributed by atoms with Crippen molar-refractivity contribution in [1.82, 2.24) is 9.88 Å². The summed E-state index contributed by atoms with van der Waals surface area (Å²) >= 11 is 12.7. The van der Waals surface area contributed by atoms with Crippen LogP contribution in [0, 0.1) is 5.92 Å². The minimum atomic E-state index is -2.70. The summed E-state index contributed by atoms with van der Waals surface area (Å²) in [5.41, 5.74) is 1.94. The highest BCUT2D eigenvalue weighted by Crippen LogP contribution is 2.46. The van der Waals surface area contributed by atoms with E-state index in [0.717, 1.165) is 17.7 Å². The van der Waals surface area contributed by atoms with Gasteiger partial charge in [-0.3, -0.25) is 9.78 Å². The zero-order valence-electron chi connectivity index (χ0n) is 26.2. The number of amides is 1. The summed E-state index contributed by atoms with van der Waals surface area (Å²) in [5, 5.41) is 3.63. The summed E-state index contributed by atoms with van der Waals surface area (Å²) in [5.74, 6) is 0.0423. The average molecular weight is 646 g/mol. The van der Waals surface area contributed by atoms with E-state index >= 15 is 0 Å². The Bertz CT molecular complexity index is 1500. The number of hydrogen-bond acceptors (Lipinski definition) is 3. The van der Waals surface area contributed by atoms with Crippen molar-refractivity contribution >= 4 is 47.8 Å². The minimum absolute atomic E-state index is 0.0372. The molecule has 0 saturated carbocycles. The maximum absolute atomic E-state index is 14.0. The Labute approximate surface area is 273 Å². The molecule has 230 valence electrons. The largest absolute Gasteiger partial charge is 0.407 e. The van der Waals surface area contributed by atoms with Gasteiger partial charge < -0.3 is 9.33 Å². The summed E-state index contributed by atoms with van der Waals surface area (Å²) in [6.07, 6.45) is 3.08. The maximum atomic E-state index is 14.0. The predicted molar refractivity (Wildman–Crippen MR) is 184 cm³/mol. The number of hydrogen-bond donors (Lipinski definition) is 0. The van der Waals surface area contributed by atoms with Gasteiger partial charge in [0.1, 0.15) is 0 Å². The lowest BCUT2D eigenvalue weighted by atomic mass is 9.77. The minimum Gasteiger partial charge on any atom is -0.407 e. The zero-order valence-corrected chi connectivity index (χ0v) is 28.7. The second kappa shape index (κ2) is 13.6. The lowest BCUT2D eigenvalue weighted by Crippen LogP contribution is -2.66. The van der Waals surface area contributed by atoms with E-state index in [9.17, 15) is 4.79 Å². The van der Waals surface area contributed by atoms with E-state index in [0.29, 0.717) is 23.1 Å². The van der Waals surface area contributed by atoms with Crippen LogP contribution in [0.4, 0.5) is 0 Å². The summed E-state index contributed by atoms with van der Waals surface area (Å²) in [6, 6.07) is 32.8. The molecule has 3 unspecified atom stereocenters. The normalized spacial score (nSPS) is 20.0. The third kappa shape index (κ3) is 6.52. The van der Waals surface area contributed by atoms with Gasteiger partial charge in [0.25, 0.3) is 8.32 Å². The number of pyridine rings is 1. The average Bonchev–Trinajstić information content (AvgIpc) is 3.01. The van der Waals surface area contributed by atoms with Crippen LogP contribution in [0.2, 0.25) is 15.1 Å². The van der Waals surface area contributed by atoms with Gasteiger partial charge in [-0.05, 0) is 65.0 Å². The van der Waals surface area contributed by atoms with E-state index in [4.69, 9.17) is 32.6 Å². The second-order valence-corrected chi connectivity index (χ2v) is 18.2. The topological polar surface area (TPSA) is 42.4 Å². The molecule has 4 atom stereocenters. The van der Waals surface area contributed by atoms with Gasteiger partial charge in [-0.1, -0.05) is 124 Å². The van der Waals surface area contributed by atoms with E-state index in [2.05, 4.69) is 99.3 Å². The summed E-state index contributed by atoms with van der Waals surface area (Å²) in [4.78, 5) is 20.8. The van der Waals surface area contributed by atoms with E-state index in [1.165, 1.54) is 10.4 Å². The monoisotopic (exact) mass is 644 g/mol. The Balaban J connectivity index is 1.49. The first-order valence-electron chi connectivity index (χ1n) is 15.5. The van der Waals surface area contributed by atoms with Gasteiger partial charge >= 0.3 is 0 Å². The number of likely N-dealkylation sites (tertiary alicyclic amines) is 1. The van der Waals surface area contributed by atoms with Crippen LogP contribution in [-0.2, 0) is 9.22 Å². The number of nitrogens with zero attached hydrogens (tertiary/aromatic N) is 2. The highest BCUT2D eigenvalue weighted by atomic mass is 35.5. The molecule has 2 heterocycles. The molecular weight excluding hydrogens is 603 g/mol. The van der Waals surface area contributed by atoms with Crippen LogP contribution in [0.25, 0.3) is 0 Å². The molecule has 0 spiro atoms. The molecule has 0 aliphatic carbocycles. The van der Waals surface area contributed by atoms with Crippen molar-refractivity contribution in [3.05, 3.63) is 125 Å². The smallest absolute Gasteiger partial charge is 0.261 e. The van der Waals surface area contributed by atoms with Crippen LogP contribution in [-0.4, -0.2) is 36.8 Å². The molecule has 1 amide bonds. The number of carbonyl (C=O) groups is 1. The number of rotatable bonds is 9. The molecule has 1 aliphatic rings. The number of aromatic nitrogens is 1. The van der Waals surface area contributed by atoms with Crippen molar-refractivity contribution in [2.24, 2.45) is 5.92 Å². The van der Waals surface area contributed by atoms with Crippen molar-refractivity contribution in [3.8, 4) is 0 Å². The van der Waals surface area contributed by atoms with Crippen LogP contribution < -0.4 is 10.4 Å². The van der Waals surface area contributed by atoms with Gasteiger partial charge in [0.05, 0.1) is 16.8 Å². The Morgan fingerprint density at radius 2 is 1.55 bits per heavy atom. The number of benzene rings is 3. The molecule has 7 heteroatoms. The Hall–Kier alpha value is -2.96. The third-order valence-electron chi connectivity index (χ3n) is 9.04. The number of piperidine rings is 1. The van der Waals surface area contributed by atoms with Crippen LogP contribution in [0.5, 0.6) is 0 Å². The molecular formula is C37H42Cl2N2O2Si. The molecule has 1 aliphatic heterocycles. The summed E-state index contributed by atoms with van der Waals surface area (Å²) in [6.45, 7) is 11.6. The van der Waals surface area contributed by atoms with Gasteiger partial charge in [0, 0.05) is 35.7 Å². The van der Waals surface area contributed by atoms with Crippen molar-refractivity contribution in [2.75, 3.05) is 6.61 Å². The standard InChI is InChI=1S/C37H42Cl2N2O2Si/c1-26-23-33(28-13-12-14-29(38)24-28)35(34-20-19-30(39)25-40-34)41(36(26)42)27(2)21-22-43-44(37(3,4)5,31-15-8-6-9-16-31)32-17-10-7-11-18-32/h6-20,24-27,33,35H,21-23H2,1-5H3/t26?,27-,33?,35?/m0/s1. The molecule has 1 saturated heterocycles. The van der Waals surface area contributed by atoms with E-state index < -0.39 is 8.32 Å². The fourth-order valence-corrected chi connectivity index (χ4v) is 11.8. The van der Waals surface area contributed by atoms with Crippen molar-refractivity contribution in [3.63, 3.8) is 0 Å². The third-order valence-corrected chi connectivity index (χ3v) is 14.5. The number of halogens is 2. The first kappa shape index (κ1) is 32.4. The Morgan fingerprint density at radius 3 is 2.09 bits per heavy atom. The SMILES string of the molecule is CC1CC(c2cccc(Cl)c2)C(c2ccc(Cl)cn2)N([C@@H](C)CCO[Si](c2ccccc2)(c2ccccc2)C(C)(C)C)C1=O. The Kier molecular flexibility index (Phi) is 10.0. The van der Waals surface area contributed by atoms with Crippen LogP contribution in [0.15, 0.2) is 103 Å². The molecule has 4 nitrogen and oxygen atoms in total. The Morgan fingerprint density at radius 1 is 0.909 bits per heavy atom. The van der Waals surface area contributed by atoms with Gasteiger partial charge in [-0.25, -0.2) is 0 Å². The quantitative estimate of drug-likeness (QED) is 0.172. The van der Waals surface area contributed by atoms with Gasteiger partial charge in [0.15, 0.2) is 0 Å². The lowest BCUT2D eigenvalue weighted by molar-refractivity contribution is -0.146. The molecule has 1 aromatic heterocycles. The molecule has 4 aromatic rings. The lowest BCUT2D eigenvalue weighted by Gasteiger charge is -2.47. The number of carbonyl (C=O) groups excluding carboxylic acids is 1. The first-order valence-corrected chi connectivity index (χ1v) is 18.1. The van der Waals surface area contributed by atoms with Crippen molar-refractivity contribution in [1.29, 1.82) is 0 Å². The van der Waals surface area contributed by atoms with Crippen LogP contribution in [0.3, 0.4) is 0 Å². The summed E-state index contributed by atoms with van der Waals surface area (Å²) in [7, 11) is -2.70. The van der Waals surface area contributed by atoms with Crippen LogP contribution in [0.1, 0.15) is 70.7 Å². The molecule has 0 bridgehead atoms. The van der Waals surface area contributed by atoms with Crippen LogP contribution >= 0.6 is 23.2 Å². The first-order chi connectivity index (χ1) is 21.0. The fraction of sp³-hybridized carbons (Fsp3) is 0.351. The van der Waals surface area contributed by atoms with Crippen molar-refractivity contribution in [2.45, 2.75) is 70.5 Å². The highest BCUT2D eigenvalue weighted by Gasteiger charge is 2.50. The van der Waals surface area contributed by atoms with E-state index in [1.54, 1.807) is 6.20 Å². The predicted octanol–water partition coefficient (Wildman–Crippen LogP) is 8.44. The molecule has 5 rings (SSSR count). The molecule has 0 radical (unpaired) electrons. The highest BCUT2D eigenvalue weighted by molar-refractivity contribution is 6.99. The van der Waals surface area contributed by atoms with E-state index in [1.807, 2.05) is 37.3 Å². The zero-order chi connectivity index (χ0) is 31.5. The fourth-order valence-electron chi connectivity index (χ4n) is 6.94. The molecule has 1 fully saturated rings. The second-order valence-electron chi connectivity index (χ2n) is 13.0. The summed E-state index contributed by atoms with van der Waals surface area (Å²) < 4.78 is 7.22. The van der Waals surface area contributed by atoms with Gasteiger partial charge in [0.2, 0.25) is 5.91 Å². The van der Waals surface area contributed by atoms with Crippen molar-refractivity contribution < 1.29 is 9.22 Å². The maximum Gasteiger partial charge on any atom is 0.261 e. The van der Waals surface area contributed by atoms with E-state index in [-0.39, 0.29) is 34.9 Å². The molecule has 44 heavy (non-hydrogen) atoms. The van der Waals surface area contributed by atoms with Gasteiger partial charge in [-0.2, -0.15) is 0 Å². The van der Waals surface area contributed by atoms with Gasteiger partial charge in [-0.15, -0.1) is 0 Å².